The van der Waals surface area contributed by atoms with E-state index in [1.807, 2.05) is 0 Å². The fraction of sp³-hybridized carbons (Fsp3) is 0.222. The minimum atomic E-state index is 0.363. The Morgan fingerprint density at radius 2 is 2.38 bits per heavy atom. The van der Waals surface area contributed by atoms with Crippen LogP contribution in [0, 0.1) is 11.8 Å². The Labute approximate surface area is 90.6 Å². The van der Waals surface area contributed by atoms with Crippen LogP contribution in [-0.4, -0.2) is 10.3 Å². The molecule has 1 rings (SSSR count). The lowest BCUT2D eigenvalue weighted by atomic mass is 10.2. The molecule has 0 saturated carbocycles. The minimum Gasteiger partial charge on any atom is -0.398 e. The zero-order chi connectivity index (χ0) is 9.68. The fourth-order valence-corrected chi connectivity index (χ4v) is 1.18. The molecule has 2 nitrogen and oxygen atoms in total. The normalized spacial score (nSPS) is 9.08. The van der Waals surface area contributed by atoms with E-state index in [2.05, 4.69) is 32.8 Å². The van der Waals surface area contributed by atoms with Crippen molar-refractivity contribution < 1.29 is 0 Å². The van der Waals surface area contributed by atoms with E-state index in [1.165, 1.54) is 0 Å². The van der Waals surface area contributed by atoms with Gasteiger partial charge in [-0.3, -0.25) is 0 Å². The van der Waals surface area contributed by atoms with Crippen LogP contribution in [0.1, 0.15) is 12.0 Å². The van der Waals surface area contributed by atoms with E-state index < -0.39 is 0 Å². The first-order chi connectivity index (χ1) is 6.25. The van der Waals surface area contributed by atoms with Crippen LogP contribution in [0.3, 0.4) is 0 Å². The Balaban J connectivity index is 2.95. The summed E-state index contributed by atoms with van der Waals surface area (Å²) in [7, 11) is 0. The maximum Gasteiger partial charge on any atom is 0.146 e. The SMILES string of the molecule is Nc1ccnc(Cl)c1C#CCCBr. The fourth-order valence-electron chi connectivity index (χ4n) is 0.772. The van der Waals surface area contributed by atoms with E-state index in [9.17, 15) is 0 Å². The van der Waals surface area contributed by atoms with Crippen LogP contribution in [0.15, 0.2) is 12.3 Å². The molecule has 0 aromatic carbocycles. The number of anilines is 1. The van der Waals surface area contributed by atoms with Crippen molar-refractivity contribution in [1.82, 2.24) is 4.98 Å². The maximum atomic E-state index is 5.80. The van der Waals surface area contributed by atoms with Gasteiger partial charge in [-0.2, -0.15) is 0 Å². The van der Waals surface area contributed by atoms with Crippen LogP contribution in [0.4, 0.5) is 5.69 Å². The summed E-state index contributed by atoms with van der Waals surface area (Å²) in [5.74, 6) is 5.81. The number of aromatic nitrogens is 1. The first kappa shape index (κ1) is 10.4. The molecule has 0 radical (unpaired) electrons. The Morgan fingerprint density at radius 3 is 3.00 bits per heavy atom. The largest absolute Gasteiger partial charge is 0.398 e. The van der Waals surface area contributed by atoms with Crippen molar-refractivity contribution in [2.24, 2.45) is 0 Å². The summed E-state index contributed by atoms with van der Waals surface area (Å²) < 4.78 is 0. The van der Waals surface area contributed by atoms with Crippen LogP contribution in [0.5, 0.6) is 0 Å². The van der Waals surface area contributed by atoms with Crippen molar-refractivity contribution in [2.45, 2.75) is 6.42 Å². The predicted octanol–water partition coefficient (Wildman–Crippen LogP) is 2.45. The number of nitrogens with zero attached hydrogens (tertiary/aromatic N) is 1. The zero-order valence-corrected chi connectivity index (χ0v) is 9.19. The van der Waals surface area contributed by atoms with Crippen LogP contribution >= 0.6 is 27.5 Å². The number of hydrogen-bond acceptors (Lipinski definition) is 2. The van der Waals surface area contributed by atoms with E-state index in [1.54, 1.807) is 12.3 Å². The Hall–Kier alpha value is -0.720. The van der Waals surface area contributed by atoms with E-state index in [4.69, 9.17) is 17.3 Å². The van der Waals surface area contributed by atoms with Gasteiger partial charge in [-0.05, 0) is 6.07 Å². The van der Waals surface area contributed by atoms with Crippen molar-refractivity contribution >= 4 is 33.2 Å². The second-order valence-electron chi connectivity index (χ2n) is 2.31. The van der Waals surface area contributed by atoms with Gasteiger partial charge in [0, 0.05) is 17.9 Å². The molecular weight excluding hydrogens is 251 g/mol. The van der Waals surface area contributed by atoms with Gasteiger partial charge in [0.1, 0.15) is 5.15 Å². The van der Waals surface area contributed by atoms with E-state index in [0.717, 1.165) is 11.8 Å². The minimum absolute atomic E-state index is 0.363. The molecule has 2 N–H and O–H groups in total. The van der Waals surface area contributed by atoms with Crippen molar-refractivity contribution in [3.63, 3.8) is 0 Å². The van der Waals surface area contributed by atoms with E-state index >= 15 is 0 Å². The quantitative estimate of drug-likeness (QED) is 0.478. The van der Waals surface area contributed by atoms with Gasteiger partial charge < -0.3 is 5.73 Å². The topological polar surface area (TPSA) is 38.9 Å². The summed E-state index contributed by atoms with van der Waals surface area (Å²) in [6.45, 7) is 0. The van der Waals surface area contributed by atoms with Crippen molar-refractivity contribution in [2.75, 3.05) is 11.1 Å². The van der Waals surface area contributed by atoms with Gasteiger partial charge in [0.05, 0.1) is 11.3 Å². The third-order valence-corrected chi connectivity index (χ3v) is 2.05. The van der Waals surface area contributed by atoms with Crippen LogP contribution in [-0.2, 0) is 0 Å². The number of pyridine rings is 1. The number of alkyl halides is 1. The number of nitrogen functional groups attached to an aromatic ring is 1. The van der Waals surface area contributed by atoms with Gasteiger partial charge in [0.2, 0.25) is 0 Å². The predicted molar refractivity (Wildman–Crippen MR) is 58.9 cm³/mol. The van der Waals surface area contributed by atoms with Gasteiger partial charge in [-0.25, -0.2) is 4.98 Å². The lowest BCUT2D eigenvalue weighted by Crippen LogP contribution is -1.92. The van der Waals surface area contributed by atoms with E-state index in [-0.39, 0.29) is 0 Å². The van der Waals surface area contributed by atoms with Crippen molar-refractivity contribution in [3.8, 4) is 11.8 Å². The highest BCUT2D eigenvalue weighted by molar-refractivity contribution is 9.09. The molecule has 0 unspecified atom stereocenters. The zero-order valence-electron chi connectivity index (χ0n) is 6.85. The monoisotopic (exact) mass is 258 g/mol. The van der Waals surface area contributed by atoms with Crippen LogP contribution in [0.2, 0.25) is 5.15 Å². The summed E-state index contributed by atoms with van der Waals surface area (Å²) in [4.78, 5) is 3.89. The molecule has 0 aliphatic carbocycles. The van der Waals surface area contributed by atoms with Gasteiger partial charge in [-0.1, -0.05) is 39.4 Å². The average molecular weight is 260 g/mol. The summed E-state index contributed by atoms with van der Waals surface area (Å²) in [5, 5.41) is 1.21. The first-order valence-corrected chi connectivity index (χ1v) is 5.20. The number of rotatable bonds is 1. The van der Waals surface area contributed by atoms with Gasteiger partial charge in [0.25, 0.3) is 0 Å². The molecule has 4 heteroatoms. The van der Waals surface area contributed by atoms with Gasteiger partial charge >= 0.3 is 0 Å². The average Bonchev–Trinajstić information content (AvgIpc) is 2.10. The molecule has 0 fully saturated rings. The molecule has 0 spiro atoms. The molecule has 0 bridgehead atoms. The summed E-state index contributed by atoms with van der Waals surface area (Å²) in [6, 6.07) is 1.68. The molecular formula is C9H8BrClN2. The second-order valence-corrected chi connectivity index (χ2v) is 3.46. The lowest BCUT2D eigenvalue weighted by Gasteiger charge is -1.97. The summed E-state index contributed by atoms with van der Waals surface area (Å²) in [6.07, 6.45) is 2.33. The number of nitrogens with two attached hydrogens (primary N) is 1. The lowest BCUT2D eigenvalue weighted by molar-refractivity contribution is 1.30. The molecule has 0 aliphatic rings. The highest BCUT2D eigenvalue weighted by atomic mass is 79.9. The molecule has 1 aromatic heterocycles. The molecule has 1 heterocycles. The highest BCUT2D eigenvalue weighted by Gasteiger charge is 2.00. The molecule has 0 atom stereocenters. The third-order valence-electron chi connectivity index (χ3n) is 1.37. The van der Waals surface area contributed by atoms with Crippen LogP contribution < -0.4 is 5.73 Å². The number of hydrogen-bond donors (Lipinski definition) is 1. The Kier molecular flexibility index (Phi) is 4.07. The smallest absolute Gasteiger partial charge is 0.146 e. The summed E-state index contributed by atoms with van der Waals surface area (Å²) in [5.41, 5.74) is 6.85. The first-order valence-electron chi connectivity index (χ1n) is 3.70. The van der Waals surface area contributed by atoms with Gasteiger partial charge in [-0.15, -0.1) is 0 Å². The maximum absolute atomic E-state index is 5.80. The molecule has 0 saturated heterocycles. The molecule has 0 aliphatic heterocycles. The van der Waals surface area contributed by atoms with Crippen LogP contribution in [0.25, 0.3) is 0 Å². The van der Waals surface area contributed by atoms with E-state index in [0.29, 0.717) is 16.4 Å². The third kappa shape index (κ3) is 2.91. The van der Waals surface area contributed by atoms with Crippen molar-refractivity contribution in [1.29, 1.82) is 0 Å². The molecule has 1 aromatic rings. The molecule has 0 amide bonds. The molecule has 13 heavy (non-hydrogen) atoms. The number of halogens is 2. The Bertz CT molecular complexity index is 334. The second kappa shape index (κ2) is 5.11. The van der Waals surface area contributed by atoms with Crippen molar-refractivity contribution in [3.05, 3.63) is 23.0 Å². The van der Waals surface area contributed by atoms with Gasteiger partial charge in [0.15, 0.2) is 0 Å². The summed E-state index contributed by atoms with van der Waals surface area (Å²) >= 11 is 9.08. The standard InChI is InChI=1S/C9H8BrClN2/c10-5-2-1-3-7-8(12)4-6-13-9(7)11/h4,6H,2,5H2,(H2,12,13). The molecule has 68 valence electrons. The Morgan fingerprint density at radius 1 is 1.62 bits per heavy atom. The highest BCUT2D eigenvalue weighted by Crippen LogP contribution is 2.17.